The lowest BCUT2D eigenvalue weighted by atomic mass is 10.1. The van der Waals surface area contributed by atoms with Crippen LogP contribution in [-0.4, -0.2) is 40.3 Å². The molecule has 1 amide bonds. The molecule has 1 heterocycles. The first kappa shape index (κ1) is 21.1. The van der Waals surface area contributed by atoms with E-state index in [1.54, 1.807) is 25.9 Å². The second-order valence-electron chi connectivity index (χ2n) is 6.03. The quantitative estimate of drug-likeness (QED) is 0.528. The zero-order valence-corrected chi connectivity index (χ0v) is 18.6. The molecule has 3 rings (SSSR count). The number of anilines is 1. The first-order valence-corrected chi connectivity index (χ1v) is 10.3. The summed E-state index contributed by atoms with van der Waals surface area (Å²) in [5, 5.41) is 15.1. The van der Waals surface area contributed by atoms with E-state index in [2.05, 4.69) is 36.8 Å². The van der Waals surface area contributed by atoms with Crippen molar-refractivity contribution < 1.29 is 14.3 Å². The molecule has 0 aliphatic heterocycles. The number of halogens is 1. The number of hydrogen-bond donors (Lipinski definition) is 1. The highest BCUT2D eigenvalue weighted by atomic mass is 79.9. The number of nitrogens with one attached hydrogen (secondary N) is 1. The van der Waals surface area contributed by atoms with Crippen LogP contribution in [0.5, 0.6) is 11.5 Å². The van der Waals surface area contributed by atoms with Gasteiger partial charge in [-0.05, 0) is 58.4 Å². The van der Waals surface area contributed by atoms with Gasteiger partial charge in [0.1, 0.15) is 0 Å². The van der Waals surface area contributed by atoms with E-state index in [0.29, 0.717) is 35.2 Å². The van der Waals surface area contributed by atoms with Crippen LogP contribution in [0.1, 0.15) is 12.0 Å². The minimum atomic E-state index is -0.106. The number of ether oxygens (including phenoxy) is 2. The minimum Gasteiger partial charge on any atom is -0.493 e. The van der Waals surface area contributed by atoms with Crippen LogP contribution in [-0.2, 0) is 18.3 Å². The third kappa shape index (κ3) is 5.27. The van der Waals surface area contributed by atoms with Crippen molar-refractivity contribution in [3.63, 3.8) is 0 Å². The van der Waals surface area contributed by atoms with Gasteiger partial charge in [-0.1, -0.05) is 28.1 Å². The van der Waals surface area contributed by atoms with Crippen molar-refractivity contribution in [1.29, 1.82) is 0 Å². The molecule has 29 heavy (non-hydrogen) atoms. The molecule has 152 valence electrons. The Kier molecular flexibility index (Phi) is 7.10. The standard InChI is InChI=1S/C19H20BrN5O3S/c1-25-19(22-23-24-25)29-16-9-8-13(20)11-14(16)21-17(26)10-7-12-5-4-6-15(27-2)18(12)28-3/h4-6,8-9,11H,7,10H2,1-3H3,(H,21,26). The zero-order chi connectivity index (χ0) is 20.8. The number of aryl methyl sites for hydroxylation is 2. The smallest absolute Gasteiger partial charge is 0.224 e. The Morgan fingerprint density at radius 2 is 2.07 bits per heavy atom. The van der Waals surface area contributed by atoms with Crippen molar-refractivity contribution in [3.05, 3.63) is 46.4 Å². The van der Waals surface area contributed by atoms with E-state index in [0.717, 1.165) is 14.9 Å². The summed E-state index contributed by atoms with van der Waals surface area (Å²) in [4.78, 5) is 13.5. The molecule has 0 aliphatic carbocycles. The zero-order valence-electron chi connectivity index (χ0n) is 16.2. The van der Waals surface area contributed by atoms with E-state index >= 15 is 0 Å². The van der Waals surface area contributed by atoms with Crippen LogP contribution in [0.4, 0.5) is 5.69 Å². The SMILES string of the molecule is COc1cccc(CCC(=O)Nc2cc(Br)ccc2Sc2nnnn2C)c1OC. The van der Waals surface area contributed by atoms with Crippen LogP contribution < -0.4 is 14.8 Å². The number of methoxy groups -OCH3 is 2. The van der Waals surface area contributed by atoms with Gasteiger partial charge in [0.15, 0.2) is 11.5 Å². The number of nitrogens with zero attached hydrogens (tertiary/aromatic N) is 4. The maximum Gasteiger partial charge on any atom is 0.224 e. The second-order valence-corrected chi connectivity index (χ2v) is 7.95. The third-order valence-corrected chi connectivity index (χ3v) is 5.70. The monoisotopic (exact) mass is 477 g/mol. The number of aromatic nitrogens is 4. The van der Waals surface area contributed by atoms with Crippen LogP contribution >= 0.6 is 27.7 Å². The predicted molar refractivity (Wildman–Crippen MR) is 114 cm³/mol. The van der Waals surface area contributed by atoms with E-state index in [1.165, 1.54) is 11.8 Å². The molecule has 0 saturated carbocycles. The summed E-state index contributed by atoms with van der Waals surface area (Å²) >= 11 is 4.83. The lowest BCUT2D eigenvalue weighted by Crippen LogP contribution is -2.13. The predicted octanol–water partition coefficient (Wildman–Crippen LogP) is 3.71. The average molecular weight is 478 g/mol. The molecule has 0 unspecified atom stereocenters. The molecule has 0 atom stereocenters. The number of benzene rings is 2. The second kappa shape index (κ2) is 9.75. The summed E-state index contributed by atoms with van der Waals surface area (Å²) in [6.07, 6.45) is 0.821. The van der Waals surface area contributed by atoms with Gasteiger partial charge in [-0.15, -0.1) is 5.10 Å². The van der Waals surface area contributed by atoms with E-state index in [9.17, 15) is 4.79 Å². The first-order valence-electron chi connectivity index (χ1n) is 8.71. The van der Waals surface area contributed by atoms with Gasteiger partial charge >= 0.3 is 0 Å². The fourth-order valence-corrected chi connectivity index (χ4v) is 3.87. The van der Waals surface area contributed by atoms with Crippen molar-refractivity contribution in [2.75, 3.05) is 19.5 Å². The minimum absolute atomic E-state index is 0.106. The van der Waals surface area contributed by atoms with Crippen LogP contribution in [0.3, 0.4) is 0 Å². The van der Waals surface area contributed by atoms with E-state index < -0.39 is 0 Å². The summed E-state index contributed by atoms with van der Waals surface area (Å²) in [5.41, 5.74) is 1.60. The van der Waals surface area contributed by atoms with Gasteiger partial charge in [-0.2, -0.15) is 0 Å². The number of para-hydroxylation sites is 1. The molecular weight excluding hydrogens is 458 g/mol. The van der Waals surface area contributed by atoms with Crippen molar-refractivity contribution in [3.8, 4) is 11.5 Å². The fourth-order valence-electron chi connectivity index (χ4n) is 2.71. The average Bonchev–Trinajstić information content (AvgIpc) is 3.12. The van der Waals surface area contributed by atoms with Crippen LogP contribution in [0.25, 0.3) is 0 Å². The van der Waals surface area contributed by atoms with E-state index in [4.69, 9.17) is 9.47 Å². The van der Waals surface area contributed by atoms with Gasteiger partial charge in [-0.25, -0.2) is 4.68 Å². The fraction of sp³-hybridized carbons (Fsp3) is 0.263. The highest BCUT2D eigenvalue weighted by Crippen LogP contribution is 2.34. The molecule has 0 aliphatic rings. The molecule has 0 fully saturated rings. The Labute approximate surface area is 181 Å². The summed E-state index contributed by atoms with van der Waals surface area (Å²) in [6, 6.07) is 11.3. The molecule has 2 aromatic carbocycles. The van der Waals surface area contributed by atoms with E-state index in [1.807, 2.05) is 36.4 Å². The topological polar surface area (TPSA) is 91.2 Å². The van der Waals surface area contributed by atoms with Crippen molar-refractivity contribution >= 4 is 39.3 Å². The Bertz CT molecular complexity index is 1010. The van der Waals surface area contributed by atoms with Crippen LogP contribution in [0.15, 0.2) is 50.9 Å². The maximum atomic E-state index is 12.6. The highest BCUT2D eigenvalue weighted by molar-refractivity contribution is 9.10. The summed E-state index contributed by atoms with van der Waals surface area (Å²) in [5.74, 6) is 1.19. The van der Waals surface area contributed by atoms with Gasteiger partial charge in [0.2, 0.25) is 11.1 Å². The van der Waals surface area contributed by atoms with Crippen molar-refractivity contribution in [1.82, 2.24) is 20.2 Å². The normalized spacial score (nSPS) is 10.6. The largest absolute Gasteiger partial charge is 0.493 e. The lowest BCUT2D eigenvalue weighted by Gasteiger charge is -2.13. The Morgan fingerprint density at radius 3 is 2.76 bits per heavy atom. The molecule has 3 aromatic rings. The van der Waals surface area contributed by atoms with Crippen molar-refractivity contribution in [2.45, 2.75) is 22.9 Å². The molecule has 0 bridgehead atoms. The lowest BCUT2D eigenvalue weighted by molar-refractivity contribution is -0.116. The van der Waals surface area contributed by atoms with Crippen LogP contribution in [0.2, 0.25) is 0 Å². The van der Waals surface area contributed by atoms with Crippen molar-refractivity contribution in [2.24, 2.45) is 7.05 Å². The number of amides is 1. The first-order chi connectivity index (χ1) is 14.0. The Balaban J connectivity index is 1.71. The van der Waals surface area contributed by atoms with Gasteiger partial charge < -0.3 is 14.8 Å². The summed E-state index contributed by atoms with van der Waals surface area (Å²) < 4.78 is 13.2. The molecule has 10 heteroatoms. The van der Waals surface area contributed by atoms with Gasteiger partial charge in [-0.3, -0.25) is 4.79 Å². The Hall–Kier alpha value is -2.59. The molecule has 1 aromatic heterocycles. The number of hydrogen-bond acceptors (Lipinski definition) is 7. The number of carbonyl (C=O) groups is 1. The summed E-state index contributed by atoms with van der Waals surface area (Å²) in [7, 11) is 4.95. The number of tetrazole rings is 1. The molecule has 0 saturated heterocycles. The van der Waals surface area contributed by atoms with E-state index in [-0.39, 0.29) is 5.91 Å². The van der Waals surface area contributed by atoms with Gasteiger partial charge in [0.05, 0.1) is 19.9 Å². The maximum absolute atomic E-state index is 12.6. The van der Waals surface area contributed by atoms with Gasteiger partial charge in [0, 0.05) is 22.8 Å². The molecule has 8 nitrogen and oxygen atoms in total. The highest BCUT2D eigenvalue weighted by Gasteiger charge is 2.14. The van der Waals surface area contributed by atoms with Gasteiger partial charge in [0.25, 0.3) is 0 Å². The molecule has 1 N–H and O–H groups in total. The third-order valence-electron chi connectivity index (χ3n) is 4.10. The summed E-state index contributed by atoms with van der Waals surface area (Å²) in [6.45, 7) is 0. The Morgan fingerprint density at radius 1 is 1.24 bits per heavy atom. The molecular formula is C19H20BrN5O3S. The number of rotatable bonds is 8. The molecule has 0 radical (unpaired) electrons. The molecule has 0 spiro atoms. The van der Waals surface area contributed by atoms with Crippen LogP contribution in [0, 0.1) is 0 Å². The number of carbonyl (C=O) groups excluding carboxylic acids is 1.